The average Bonchev–Trinajstić information content (AvgIpc) is 2.52. The summed E-state index contributed by atoms with van der Waals surface area (Å²) in [5.74, 6) is 0.0681. The number of aromatic hydroxyl groups is 1. The van der Waals surface area contributed by atoms with E-state index in [1.165, 1.54) is 6.21 Å². The number of phenolic OH excluding ortho intramolecular Hbond substituents is 1. The first kappa shape index (κ1) is 18.5. The molecular formula is C17H16ClIN2O3. The van der Waals surface area contributed by atoms with Crippen molar-refractivity contribution in [2.24, 2.45) is 5.10 Å². The second-order valence-electron chi connectivity index (χ2n) is 4.96. The van der Waals surface area contributed by atoms with Gasteiger partial charge in [-0.05, 0) is 71.8 Å². The average molecular weight is 459 g/mol. The van der Waals surface area contributed by atoms with E-state index >= 15 is 0 Å². The smallest absolute Gasteiger partial charge is 0.272 e. The number of nitrogens with zero attached hydrogens (tertiary/aromatic N) is 1. The molecule has 0 radical (unpaired) electrons. The molecule has 0 aliphatic carbocycles. The summed E-state index contributed by atoms with van der Waals surface area (Å²) in [7, 11) is 0. The van der Waals surface area contributed by atoms with E-state index in [-0.39, 0.29) is 5.75 Å². The van der Waals surface area contributed by atoms with Gasteiger partial charge < -0.3 is 9.84 Å². The van der Waals surface area contributed by atoms with Crippen LogP contribution in [0.3, 0.4) is 0 Å². The van der Waals surface area contributed by atoms with Crippen LogP contribution >= 0.6 is 34.2 Å². The van der Waals surface area contributed by atoms with E-state index in [2.05, 4.69) is 10.5 Å². The molecule has 0 atom stereocenters. The molecule has 2 aromatic rings. The first-order valence-corrected chi connectivity index (χ1v) is 8.63. The number of carbonyl (C=O) groups is 1. The molecule has 1 amide bonds. The van der Waals surface area contributed by atoms with Gasteiger partial charge in [0.2, 0.25) is 0 Å². The monoisotopic (exact) mass is 458 g/mol. The molecule has 2 rings (SSSR count). The minimum absolute atomic E-state index is 0.0880. The largest absolute Gasteiger partial charge is 0.504 e. The maximum absolute atomic E-state index is 12.1. The van der Waals surface area contributed by atoms with Crippen LogP contribution in [0.1, 0.15) is 28.4 Å². The number of hydrazone groups is 1. The van der Waals surface area contributed by atoms with Gasteiger partial charge in [-0.2, -0.15) is 5.10 Å². The molecule has 24 heavy (non-hydrogen) atoms. The number of hydrogen-bond acceptors (Lipinski definition) is 4. The van der Waals surface area contributed by atoms with Gasteiger partial charge >= 0.3 is 0 Å². The van der Waals surface area contributed by atoms with E-state index < -0.39 is 5.91 Å². The lowest BCUT2D eigenvalue weighted by Gasteiger charge is -2.08. The van der Waals surface area contributed by atoms with Crippen LogP contribution in [-0.2, 0) is 0 Å². The number of phenols is 1. The molecule has 0 heterocycles. The van der Waals surface area contributed by atoms with Gasteiger partial charge in [0, 0.05) is 0 Å². The van der Waals surface area contributed by atoms with Crippen molar-refractivity contribution in [3.63, 3.8) is 0 Å². The van der Waals surface area contributed by atoms with Crippen LogP contribution in [0.2, 0.25) is 5.02 Å². The lowest BCUT2D eigenvalue weighted by atomic mass is 10.1. The summed E-state index contributed by atoms with van der Waals surface area (Å²) in [4.78, 5) is 12.1. The second-order valence-corrected chi connectivity index (χ2v) is 6.53. The molecule has 0 aromatic heterocycles. The summed E-state index contributed by atoms with van der Waals surface area (Å²) in [5, 5.41) is 14.2. The van der Waals surface area contributed by atoms with E-state index in [0.29, 0.717) is 32.1 Å². The number of nitrogens with one attached hydrogen (secondary N) is 1. The standard InChI is InChI=1S/C17H16ClIN2O3/c1-3-24-15-8-11(7-14(19)16(15)22)9-20-21-17(23)12-5-4-10(2)6-13(12)18/h4-9,22H,3H2,1-2H3,(H,21,23)/b20-9-. The molecule has 0 spiro atoms. The third-order valence-electron chi connectivity index (χ3n) is 3.10. The molecule has 126 valence electrons. The van der Waals surface area contributed by atoms with Crippen molar-refractivity contribution in [3.8, 4) is 11.5 Å². The zero-order valence-corrected chi connectivity index (χ0v) is 16.1. The van der Waals surface area contributed by atoms with Crippen molar-refractivity contribution >= 4 is 46.3 Å². The number of carbonyl (C=O) groups excluding carboxylic acids is 1. The first-order chi connectivity index (χ1) is 11.4. The fraction of sp³-hybridized carbons (Fsp3) is 0.176. The van der Waals surface area contributed by atoms with Crippen LogP contribution in [0.4, 0.5) is 0 Å². The number of aryl methyl sites for hydroxylation is 1. The third kappa shape index (κ3) is 4.61. The van der Waals surface area contributed by atoms with Crippen LogP contribution in [0.5, 0.6) is 11.5 Å². The SMILES string of the molecule is CCOc1cc(/C=N\NC(=O)c2ccc(C)cc2Cl)cc(I)c1O. The van der Waals surface area contributed by atoms with Crippen molar-refractivity contribution in [1.29, 1.82) is 0 Å². The quantitative estimate of drug-likeness (QED) is 0.402. The van der Waals surface area contributed by atoms with Crippen molar-refractivity contribution in [2.75, 3.05) is 6.61 Å². The van der Waals surface area contributed by atoms with Crippen molar-refractivity contribution in [2.45, 2.75) is 13.8 Å². The Balaban J connectivity index is 2.12. The molecule has 0 saturated carbocycles. The molecule has 0 aliphatic heterocycles. The Bertz CT molecular complexity index is 794. The van der Waals surface area contributed by atoms with Gasteiger partial charge in [0.15, 0.2) is 11.5 Å². The highest BCUT2D eigenvalue weighted by atomic mass is 127. The molecule has 5 nitrogen and oxygen atoms in total. The number of ether oxygens (including phenoxy) is 1. The van der Waals surface area contributed by atoms with E-state index in [9.17, 15) is 9.90 Å². The normalized spacial score (nSPS) is 10.8. The molecule has 0 saturated heterocycles. The fourth-order valence-electron chi connectivity index (χ4n) is 1.96. The van der Waals surface area contributed by atoms with Crippen LogP contribution in [0.15, 0.2) is 35.4 Å². The number of halogens is 2. The maximum atomic E-state index is 12.1. The molecule has 0 fully saturated rings. The lowest BCUT2D eigenvalue weighted by Crippen LogP contribution is -2.18. The summed E-state index contributed by atoms with van der Waals surface area (Å²) in [6, 6.07) is 8.56. The number of benzene rings is 2. The molecule has 7 heteroatoms. The zero-order valence-electron chi connectivity index (χ0n) is 13.1. The number of rotatable bonds is 5. The minimum Gasteiger partial charge on any atom is -0.504 e. The van der Waals surface area contributed by atoms with Gasteiger partial charge in [-0.15, -0.1) is 0 Å². The Kier molecular flexibility index (Phi) is 6.44. The topological polar surface area (TPSA) is 70.9 Å². The zero-order chi connectivity index (χ0) is 17.7. The Morgan fingerprint density at radius 3 is 2.83 bits per heavy atom. The highest BCUT2D eigenvalue weighted by molar-refractivity contribution is 14.1. The van der Waals surface area contributed by atoms with Crippen LogP contribution < -0.4 is 10.2 Å². The van der Waals surface area contributed by atoms with E-state index in [0.717, 1.165) is 5.56 Å². The highest BCUT2D eigenvalue weighted by Gasteiger charge is 2.10. The Labute approximate surface area is 158 Å². The van der Waals surface area contributed by atoms with Crippen molar-refractivity contribution in [3.05, 3.63) is 55.6 Å². The first-order valence-electron chi connectivity index (χ1n) is 7.17. The van der Waals surface area contributed by atoms with Crippen molar-refractivity contribution < 1.29 is 14.6 Å². The summed E-state index contributed by atoms with van der Waals surface area (Å²) in [6.45, 7) is 4.17. The van der Waals surface area contributed by atoms with Gasteiger partial charge in [-0.3, -0.25) is 4.79 Å². The van der Waals surface area contributed by atoms with Crippen LogP contribution in [-0.4, -0.2) is 23.8 Å². The second kappa shape index (κ2) is 8.34. The Hall–Kier alpha value is -1.80. The van der Waals surface area contributed by atoms with E-state index in [1.807, 2.05) is 36.4 Å². The van der Waals surface area contributed by atoms with Gasteiger partial charge in [-0.25, -0.2) is 5.43 Å². The van der Waals surface area contributed by atoms with Crippen molar-refractivity contribution in [1.82, 2.24) is 5.43 Å². The third-order valence-corrected chi connectivity index (χ3v) is 4.23. The van der Waals surface area contributed by atoms with Gasteiger partial charge in [0.25, 0.3) is 5.91 Å². The summed E-state index contributed by atoms with van der Waals surface area (Å²) in [5.41, 5.74) is 4.45. The molecule has 0 unspecified atom stereocenters. The lowest BCUT2D eigenvalue weighted by molar-refractivity contribution is 0.0955. The minimum atomic E-state index is -0.394. The Morgan fingerprint density at radius 2 is 2.17 bits per heavy atom. The van der Waals surface area contributed by atoms with E-state index in [1.54, 1.807) is 30.3 Å². The molecule has 2 N–H and O–H groups in total. The van der Waals surface area contributed by atoms with Gasteiger partial charge in [0.05, 0.1) is 27.0 Å². The molecular weight excluding hydrogens is 443 g/mol. The molecule has 0 aliphatic rings. The summed E-state index contributed by atoms with van der Waals surface area (Å²) in [6.07, 6.45) is 1.48. The molecule has 0 bridgehead atoms. The number of amides is 1. The summed E-state index contributed by atoms with van der Waals surface area (Å²) >= 11 is 8.06. The summed E-state index contributed by atoms with van der Waals surface area (Å²) < 4.78 is 5.99. The molecule has 2 aromatic carbocycles. The fourth-order valence-corrected chi connectivity index (χ4v) is 2.91. The predicted octanol–water partition coefficient (Wildman–Crippen LogP) is 4.12. The highest BCUT2D eigenvalue weighted by Crippen LogP contribution is 2.32. The predicted molar refractivity (Wildman–Crippen MR) is 103 cm³/mol. The van der Waals surface area contributed by atoms with Gasteiger partial charge in [-0.1, -0.05) is 17.7 Å². The maximum Gasteiger partial charge on any atom is 0.272 e. The van der Waals surface area contributed by atoms with Crippen LogP contribution in [0.25, 0.3) is 0 Å². The van der Waals surface area contributed by atoms with E-state index in [4.69, 9.17) is 16.3 Å². The van der Waals surface area contributed by atoms with Crippen LogP contribution in [0, 0.1) is 10.5 Å². The van der Waals surface area contributed by atoms with Gasteiger partial charge in [0.1, 0.15) is 0 Å². The Morgan fingerprint density at radius 1 is 1.42 bits per heavy atom. The number of hydrogen-bond donors (Lipinski definition) is 2.